The summed E-state index contributed by atoms with van der Waals surface area (Å²) in [5, 5.41) is 3.61. The highest BCUT2D eigenvalue weighted by molar-refractivity contribution is 8.14. The largest absolute Gasteiger partial charge is 0.332 e. The van der Waals surface area contributed by atoms with Crippen LogP contribution in [0.4, 0.5) is 4.79 Å². The topological polar surface area (TPSA) is 65.0 Å². The van der Waals surface area contributed by atoms with Gasteiger partial charge in [-0.2, -0.15) is 0 Å². The van der Waals surface area contributed by atoms with Crippen molar-refractivity contribution in [2.24, 2.45) is 4.99 Å². The molecule has 3 atom stereocenters. The maximum Gasteiger partial charge on any atom is 0.325 e. The van der Waals surface area contributed by atoms with Gasteiger partial charge in [0.05, 0.1) is 0 Å². The van der Waals surface area contributed by atoms with E-state index >= 15 is 0 Å². The van der Waals surface area contributed by atoms with Crippen LogP contribution in [0.2, 0.25) is 0 Å². The zero-order chi connectivity index (χ0) is 15.7. The lowest BCUT2D eigenvalue weighted by molar-refractivity contribution is -0.126. The van der Waals surface area contributed by atoms with Crippen molar-refractivity contribution in [1.29, 1.82) is 0 Å². The number of nitrogens with zero attached hydrogens (tertiary/aromatic N) is 3. The van der Waals surface area contributed by atoms with Gasteiger partial charge in [-0.15, -0.1) is 0 Å². The summed E-state index contributed by atoms with van der Waals surface area (Å²) < 4.78 is 0. The van der Waals surface area contributed by atoms with E-state index in [2.05, 4.69) is 30.7 Å². The van der Waals surface area contributed by atoms with Gasteiger partial charge in [-0.25, -0.2) is 9.79 Å². The van der Waals surface area contributed by atoms with E-state index in [4.69, 9.17) is 0 Å². The number of urea groups is 1. The number of amidine groups is 1. The van der Waals surface area contributed by atoms with E-state index in [1.54, 1.807) is 18.8 Å². The fourth-order valence-corrected chi connectivity index (χ4v) is 3.33. The van der Waals surface area contributed by atoms with Crippen molar-refractivity contribution in [2.45, 2.75) is 44.6 Å². The molecular formula is C14H22N4O2S. The van der Waals surface area contributed by atoms with E-state index in [9.17, 15) is 9.59 Å². The molecule has 6 nitrogen and oxygen atoms in total. The first-order valence-electron chi connectivity index (χ1n) is 7.08. The fraction of sp³-hybridized carbons (Fsp3) is 0.643. The van der Waals surface area contributed by atoms with Gasteiger partial charge >= 0.3 is 6.03 Å². The second-order valence-electron chi connectivity index (χ2n) is 5.60. The molecule has 2 aliphatic heterocycles. The number of nitrogens with one attached hydrogen (secondary N) is 1. The van der Waals surface area contributed by atoms with Gasteiger partial charge in [0.1, 0.15) is 0 Å². The van der Waals surface area contributed by atoms with E-state index in [0.29, 0.717) is 11.8 Å². The van der Waals surface area contributed by atoms with Crippen molar-refractivity contribution in [1.82, 2.24) is 15.1 Å². The van der Waals surface area contributed by atoms with Gasteiger partial charge in [-0.3, -0.25) is 10.1 Å². The molecule has 0 bridgehead atoms. The van der Waals surface area contributed by atoms with E-state index in [1.165, 1.54) is 4.90 Å². The van der Waals surface area contributed by atoms with Gasteiger partial charge in [0.2, 0.25) is 0 Å². The summed E-state index contributed by atoms with van der Waals surface area (Å²) in [6, 6.07) is -0.856. The monoisotopic (exact) mass is 310 g/mol. The van der Waals surface area contributed by atoms with Crippen LogP contribution in [0.1, 0.15) is 27.2 Å². The number of aliphatic imine (C=N–C) groups is 1. The Morgan fingerprint density at radius 3 is 2.76 bits per heavy atom. The van der Waals surface area contributed by atoms with Gasteiger partial charge in [-0.05, 0) is 13.3 Å². The predicted octanol–water partition coefficient (Wildman–Crippen LogP) is 1.64. The maximum absolute atomic E-state index is 12.2. The first-order chi connectivity index (χ1) is 9.85. The summed E-state index contributed by atoms with van der Waals surface area (Å²) in [7, 11) is 1.67. The molecule has 7 heteroatoms. The third-order valence-corrected chi connectivity index (χ3v) is 4.93. The summed E-state index contributed by atoms with van der Waals surface area (Å²) in [6.07, 6.45) is 0.568. The lowest BCUT2D eigenvalue weighted by Gasteiger charge is -2.36. The Morgan fingerprint density at radius 1 is 1.52 bits per heavy atom. The Bertz CT molecular complexity index is 505. The molecule has 1 saturated heterocycles. The Balaban J connectivity index is 2.30. The Kier molecular flexibility index (Phi) is 4.61. The summed E-state index contributed by atoms with van der Waals surface area (Å²) in [5.74, 6) is -0.284. The summed E-state index contributed by atoms with van der Waals surface area (Å²) in [4.78, 5) is 32.0. The number of carbonyl (C=O) groups is 2. The molecule has 0 saturated carbocycles. The minimum Gasteiger partial charge on any atom is -0.332 e. The van der Waals surface area contributed by atoms with Gasteiger partial charge < -0.3 is 9.80 Å². The second-order valence-corrected chi connectivity index (χ2v) is 7.00. The minimum absolute atomic E-state index is 0.284. The molecule has 3 unspecified atom stereocenters. The lowest BCUT2D eigenvalue weighted by atomic mass is 10.1. The average Bonchev–Trinajstić information content (AvgIpc) is 2.74. The smallest absolute Gasteiger partial charge is 0.325 e. The maximum atomic E-state index is 12.2. The number of imide groups is 1. The van der Waals surface area contributed by atoms with Crippen molar-refractivity contribution in [2.75, 3.05) is 13.6 Å². The molecule has 0 aromatic rings. The summed E-state index contributed by atoms with van der Waals surface area (Å²) >= 11 is 1.65. The molecule has 116 valence electrons. The van der Waals surface area contributed by atoms with Crippen molar-refractivity contribution in [3.8, 4) is 0 Å². The van der Waals surface area contributed by atoms with Crippen molar-refractivity contribution < 1.29 is 9.59 Å². The van der Waals surface area contributed by atoms with Gasteiger partial charge in [0.25, 0.3) is 5.91 Å². The highest BCUT2D eigenvalue weighted by Crippen LogP contribution is 2.31. The van der Waals surface area contributed by atoms with Crippen LogP contribution in [0.5, 0.6) is 0 Å². The van der Waals surface area contributed by atoms with Crippen LogP contribution in [0.25, 0.3) is 0 Å². The predicted molar refractivity (Wildman–Crippen MR) is 85.2 cm³/mol. The number of thioether (sulfide) groups is 1. The molecular weight excluding hydrogens is 288 g/mol. The Morgan fingerprint density at radius 2 is 2.19 bits per heavy atom. The molecule has 21 heavy (non-hydrogen) atoms. The zero-order valence-electron chi connectivity index (χ0n) is 12.9. The molecule has 2 aliphatic rings. The summed E-state index contributed by atoms with van der Waals surface area (Å²) in [5.41, 5.74) is 0.959. The normalized spacial score (nSPS) is 26.4. The molecule has 1 N–H and O–H groups in total. The van der Waals surface area contributed by atoms with Crippen LogP contribution in [0.15, 0.2) is 17.1 Å². The Labute approximate surface area is 129 Å². The van der Waals surface area contributed by atoms with E-state index in [0.717, 1.165) is 17.2 Å². The number of hydrogen-bond donors (Lipinski definition) is 1. The first-order valence-corrected chi connectivity index (χ1v) is 7.96. The fourth-order valence-electron chi connectivity index (χ4n) is 2.32. The molecule has 2 rings (SSSR count). The number of carbonyl (C=O) groups excluding carboxylic acids is 2. The minimum atomic E-state index is -0.462. The molecule has 0 aliphatic carbocycles. The molecule has 0 radical (unpaired) electrons. The van der Waals surface area contributed by atoms with E-state index in [1.807, 2.05) is 11.8 Å². The van der Waals surface area contributed by atoms with Crippen LogP contribution in [0, 0.1) is 0 Å². The molecule has 3 amide bonds. The van der Waals surface area contributed by atoms with E-state index < -0.39 is 18.2 Å². The van der Waals surface area contributed by atoms with Gasteiger partial charge in [0.15, 0.2) is 17.4 Å². The van der Waals surface area contributed by atoms with Gasteiger partial charge in [0, 0.05) is 18.8 Å². The SMILES string of the molecule is C=C(C)CN1C(SC(C)CC)=NC2C1C(=O)NC(=O)N2C. The quantitative estimate of drug-likeness (QED) is 0.802. The van der Waals surface area contributed by atoms with E-state index in [-0.39, 0.29) is 5.91 Å². The van der Waals surface area contributed by atoms with Crippen LogP contribution in [0.3, 0.4) is 0 Å². The van der Waals surface area contributed by atoms with Crippen LogP contribution in [-0.4, -0.2) is 58.0 Å². The number of likely N-dealkylation sites (N-methyl/N-ethyl adjacent to an activating group) is 1. The highest BCUT2D eigenvalue weighted by atomic mass is 32.2. The first kappa shape index (κ1) is 15.9. The molecule has 0 aromatic heterocycles. The highest BCUT2D eigenvalue weighted by Gasteiger charge is 2.48. The number of fused-ring (bicyclic) bond motifs is 1. The van der Waals surface area contributed by atoms with Gasteiger partial charge in [-0.1, -0.05) is 37.8 Å². The standard InChI is InChI=1S/C14H22N4O2S/c1-6-9(4)21-14-15-11-10(18(14)7-8(2)3)12(19)16-13(20)17(11)5/h9-11H,2,6-7H2,1,3-5H3,(H,16,19,20). The lowest BCUT2D eigenvalue weighted by Crippen LogP contribution is -2.63. The average molecular weight is 310 g/mol. The molecule has 1 fully saturated rings. The third-order valence-electron chi connectivity index (χ3n) is 3.64. The van der Waals surface area contributed by atoms with Crippen molar-refractivity contribution in [3.05, 3.63) is 12.2 Å². The number of rotatable bonds is 4. The number of amides is 3. The van der Waals surface area contributed by atoms with Crippen molar-refractivity contribution >= 4 is 28.9 Å². The number of hydrogen-bond acceptors (Lipinski definition) is 5. The van der Waals surface area contributed by atoms with Crippen LogP contribution in [-0.2, 0) is 4.79 Å². The second kappa shape index (κ2) is 6.09. The third kappa shape index (κ3) is 3.07. The van der Waals surface area contributed by atoms with Crippen molar-refractivity contribution in [3.63, 3.8) is 0 Å². The molecule has 0 aromatic carbocycles. The van der Waals surface area contributed by atoms with Crippen LogP contribution < -0.4 is 5.32 Å². The molecule has 2 heterocycles. The Hall–Kier alpha value is -1.50. The summed E-state index contributed by atoms with van der Waals surface area (Å²) in [6.45, 7) is 10.7. The van der Waals surface area contributed by atoms with Crippen LogP contribution >= 0.6 is 11.8 Å². The zero-order valence-corrected chi connectivity index (χ0v) is 13.7. The molecule has 0 spiro atoms.